The van der Waals surface area contributed by atoms with Gasteiger partial charge in [-0.15, -0.1) is 0 Å². The molecule has 2 aromatic heterocycles. The lowest BCUT2D eigenvalue weighted by Gasteiger charge is -2.32. The van der Waals surface area contributed by atoms with Gasteiger partial charge in [0, 0.05) is 37.3 Å². The smallest absolute Gasteiger partial charge is 0.246 e. The quantitative estimate of drug-likeness (QED) is 0.278. The largest absolute Gasteiger partial charge is 0.457 e. The Morgan fingerprint density at radius 3 is 2.56 bits per heavy atom. The van der Waals surface area contributed by atoms with Crippen LogP contribution in [0.4, 0.5) is 5.82 Å². The molecule has 1 saturated carbocycles. The molecule has 41 heavy (non-hydrogen) atoms. The molecule has 3 N–H and O–H groups in total. The molecule has 1 saturated heterocycles. The van der Waals surface area contributed by atoms with Crippen molar-refractivity contribution in [1.29, 1.82) is 0 Å². The zero-order valence-corrected chi connectivity index (χ0v) is 23.3. The highest BCUT2D eigenvalue weighted by Crippen LogP contribution is 2.35. The van der Waals surface area contributed by atoms with E-state index >= 15 is 0 Å². The number of carbonyl (C=O) groups excluding carboxylic acids is 1. The number of likely N-dealkylation sites (tertiary alicyclic amines) is 1. The van der Waals surface area contributed by atoms with E-state index in [1.807, 2.05) is 70.3 Å². The number of hydrogen-bond donors (Lipinski definition) is 2. The first-order chi connectivity index (χ1) is 20.2. The fourth-order valence-electron chi connectivity index (χ4n) is 5.92. The van der Waals surface area contributed by atoms with Crippen LogP contribution in [-0.4, -0.2) is 56.2 Å². The molecule has 0 spiro atoms. The summed E-state index contributed by atoms with van der Waals surface area (Å²) in [5.41, 5.74) is 8.66. The van der Waals surface area contributed by atoms with E-state index in [-0.39, 0.29) is 11.9 Å². The summed E-state index contributed by atoms with van der Waals surface area (Å²) in [6.45, 7) is 2.04. The number of para-hydroxylation sites is 1. The first kappa shape index (κ1) is 27.0. The molecule has 4 aromatic rings. The van der Waals surface area contributed by atoms with Crippen LogP contribution in [0.3, 0.4) is 0 Å². The lowest BCUT2D eigenvalue weighted by Crippen LogP contribution is -2.40. The monoisotopic (exact) mass is 551 g/mol. The van der Waals surface area contributed by atoms with Crippen molar-refractivity contribution < 1.29 is 9.53 Å². The Bertz CT molecular complexity index is 1490. The first-order valence-corrected chi connectivity index (χ1v) is 14.7. The number of nitrogen functional groups attached to an aromatic ring is 1. The van der Waals surface area contributed by atoms with Gasteiger partial charge in [0.1, 0.15) is 29.3 Å². The molecule has 3 heterocycles. The van der Waals surface area contributed by atoms with Gasteiger partial charge in [-0.3, -0.25) is 4.79 Å². The fraction of sp³-hybridized carbons (Fsp3) is 0.375. The standard InChI is InChI=1S/C32H37N7O2/c33-31-29-30(23-15-17-27(18-16-23)41-26-12-5-2-6-13-26)37-39(32(29)36-22-35-31)25-11-8-20-38(21-25)28(40)14-7-19-34-24-9-3-1-4-10-24/h2,5-7,12-18,22,24-25,34H,1,3-4,8-11,19-21H2,(H2,33,35,36)/t25-/m1/s1. The van der Waals surface area contributed by atoms with Crippen LogP contribution in [0.25, 0.3) is 22.3 Å². The molecule has 0 bridgehead atoms. The minimum absolute atomic E-state index is 0.00676. The lowest BCUT2D eigenvalue weighted by atomic mass is 9.95. The second-order valence-corrected chi connectivity index (χ2v) is 10.9. The number of amides is 1. The van der Waals surface area contributed by atoms with Crippen LogP contribution < -0.4 is 15.8 Å². The molecular weight excluding hydrogens is 514 g/mol. The number of carbonyl (C=O) groups is 1. The number of aromatic nitrogens is 4. The predicted molar refractivity (Wildman–Crippen MR) is 161 cm³/mol. The lowest BCUT2D eigenvalue weighted by molar-refractivity contribution is -0.127. The number of hydrogen-bond acceptors (Lipinski definition) is 7. The van der Waals surface area contributed by atoms with Crippen LogP contribution in [0.2, 0.25) is 0 Å². The number of anilines is 1. The van der Waals surface area contributed by atoms with E-state index in [0.717, 1.165) is 54.1 Å². The molecule has 2 fully saturated rings. The number of nitrogens with zero attached hydrogens (tertiary/aromatic N) is 5. The molecule has 0 radical (unpaired) electrons. The Morgan fingerprint density at radius 2 is 1.76 bits per heavy atom. The Balaban J connectivity index is 1.18. The third kappa shape index (κ3) is 6.25. The van der Waals surface area contributed by atoms with E-state index in [2.05, 4.69) is 15.3 Å². The van der Waals surface area contributed by atoms with Gasteiger partial charge in [-0.1, -0.05) is 43.5 Å². The fourth-order valence-corrected chi connectivity index (χ4v) is 5.92. The summed E-state index contributed by atoms with van der Waals surface area (Å²) in [6, 6.07) is 18.0. The van der Waals surface area contributed by atoms with E-state index in [1.54, 1.807) is 6.08 Å². The zero-order chi connectivity index (χ0) is 28.0. The number of ether oxygens (including phenoxy) is 1. The average molecular weight is 552 g/mol. The third-order valence-corrected chi connectivity index (χ3v) is 8.07. The molecule has 9 heteroatoms. The second-order valence-electron chi connectivity index (χ2n) is 10.9. The van der Waals surface area contributed by atoms with Crippen molar-refractivity contribution in [2.45, 2.75) is 57.0 Å². The van der Waals surface area contributed by atoms with Crippen LogP contribution >= 0.6 is 0 Å². The maximum absolute atomic E-state index is 13.1. The van der Waals surface area contributed by atoms with Crippen molar-refractivity contribution in [3.05, 3.63) is 73.1 Å². The summed E-state index contributed by atoms with van der Waals surface area (Å²) in [4.78, 5) is 23.8. The molecule has 1 atom stereocenters. The van der Waals surface area contributed by atoms with Crippen molar-refractivity contribution in [2.24, 2.45) is 0 Å². The molecule has 9 nitrogen and oxygen atoms in total. The Morgan fingerprint density at radius 1 is 0.976 bits per heavy atom. The molecule has 2 aromatic carbocycles. The van der Waals surface area contributed by atoms with Gasteiger partial charge < -0.3 is 20.7 Å². The number of nitrogens with two attached hydrogens (primary N) is 1. The molecule has 6 rings (SSSR count). The zero-order valence-electron chi connectivity index (χ0n) is 23.3. The maximum Gasteiger partial charge on any atom is 0.246 e. The van der Waals surface area contributed by atoms with E-state index in [1.165, 1.54) is 38.4 Å². The number of nitrogens with one attached hydrogen (secondary N) is 1. The minimum atomic E-state index is -0.00676. The third-order valence-electron chi connectivity index (χ3n) is 8.07. The van der Waals surface area contributed by atoms with Crippen LogP contribution in [0.5, 0.6) is 11.5 Å². The Labute approximate surface area is 240 Å². The van der Waals surface area contributed by atoms with Crippen LogP contribution in [0.15, 0.2) is 73.1 Å². The highest BCUT2D eigenvalue weighted by Gasteiger charge is 2.28. The number of rotatable bonds is 8. The summed E-state index contributed by atoms with van der Waals surface area (Å²) < 4.78 is 7.89. The number of piperidine rings is 1. The molecule has 1 aliphatic heterocycles. The Hall–Kier alpha value is -4.24. The topological polar surface area (TPSA) is 111 Å². The summed E-state index contributed by atoms with van der Waals surface area (Å²) >= 11 is 0. The maximum atomic E-state index is 13.1. The number of fused-ring (bicyclic) bond motifs is 1. The Kier molecular flexibility index (Phi) is 8.23. The van der Waals surface area contributed by atoms with Crippen molar-refractivity contribution in [3.8, 4) is 22.8 Å². The van der Waals surface area contributed by atoms with E-state index < -0.39 is 0 Å². The van der Waals surface area contributed by atoms with E-state index in [4.69, 9.17) is 15.6 Å². The van der Waals surface area contributed by atoms with Gasteiger partial charge in [0.2, 0.25) is 5.91 Å². The van der Waals surface area contributed by atoms with Gasteiger partial charge >= 0.3 is 0 Å². The van der Waals surface area contributed by atoms with Crippen molar-refractivity contribution in [2.75, 3.05) is 25.4 Å². The highest BCUT2D eigenvalue weighted by atomic mass is 16.5. The van der Waals surface area contributed by atoms with E-state index in [0.29, 0.717) is 24.1 Å². The minimum Gasteiger partial charge on any atom is -0.457 e. The first-order valence-electron chi connectivity index (χ1n) is 14.7. The predicted octanol–water partition coefficient (Wildman–Crippen LogP) is 5.51. The van der Waals surface area contributed by atoms with Gasteiger partial charge in [0.15, 0.2) is 5.65 Å². The van der Waals surface area contributed by atoms with Crippen molar-refractivity contribution in [3.63, 3.8) is 0 Å². The van der Waals surface area contributed by atoms with Gasteiger partial charge in [0.25, 0.3) is 0 Å². The molecule has 0 unspecified atom stereocenters. The number of benzene rings is 2. The summed E-state index contributed by atoms with van der Waals surface area (Å²) in [6.07, 6.45) is 13.3. The van der Waals surface area contributed by atoms with Gasteiger partial charge in [-0.25, -0.2) is 14.6 Å². The normalized spacial score (nSPS) is 18.2. The molecule has 1 aliphatic carbocycles. The SMILES string of the molecule is Nc1ncnc2c1c(-c1ccc(Oc3ccccc3)cc1)nn2[C@@H]1CCCN(C(=O)C=CCNC2CCCCC2)C1. The van der Waals surface area contributed by atoms with Gasteiger partial charge in [-0.2, -0.15) is 5.10 Å². The van der Waals surface area contributed by atoms with Gasteiger partial charge in [-0.05, 0) is 62.1 Å². The summed E-state index contributed by atoms with van der Waals surface area (Å²) in [7, 11) is 0. The summed E-state index contributed by atoms with van der Waals surface area (Å²) in [5.74, 6) is 1.94. The summed E-state index contributed by atoms with van der Waals surface area (Å²) in [5, 5.41) is 9.30. The van der Waals surface area contributed by atoms with E-state index in [9.17, 15) is 4.79 Å². The van der Waals surface area contributed by atoms with Crippen LogP contribution in [0, 0.1) is 0 Å². The average Bonchev–Trinajstić information content (AvgIpc) is 3.42. The van der Waals surface area contributed by atoms with Crippen molar-refractivity contribution >= 4 is 22.8 Å². The highest BCUT2D eigenvalue weighted by molar-refractivity contribution is 5.98. The van der Waals surface area contributed by atoms with Gasteiger partial charge in [0.05, 0.1) is 11.4 Å². The molecule has 1 amide bonds. The van der Waals surface area contributed by atoms with Crippen LogP contribution in [-0.2, 0) is 4.79 Å². The molecule has 2 aliphatic rings. The second kappa shape index (κ2) is 12.5. The van der Waals surface area contributed by atoms with Crippen molar-refractivity contribution in [1.82, 2.24) is 30.0 Å². The van der Waals surface area contributed by atoms with Crippen LogP contribution in [0.1, 0.15) is 51.0 Å². The molecule has 212 valence electrons. The molecular formula is C32H37N7O2.